The number of fused-ring (bicyclic) bond motifs is 3. The Morgan fingerprint density at radius 3 is 2.35 bits per heavy atom. The van der Waals surface area contributed by atoms with E-state index < -0.39 is 0 Å². The maximum Gasteiger partial charge on any atom is 0.0861 e. The van der Waals surface area contributed by atoms with Crippen LogP contribution in [0.2, 0.25) is 0 Å². The van der Waals surface area contributed by atoms with Crippen molar-refractivity contribution < 1.29 is 9.84 Å². The van der Waals surface area contributed by atoms with Crippen LogP contribution in [-0.2, 0) is 16.6 Å². The van der Waals surface area contributed by atoms with Crippen LogP contribution in [0.1, 0.15) is 83.1 Å². The third-order valence-corrected chi connectivity index (χ3v) is 8.48. The number of aliphatic hydroxyl groups excluding tert-OH is 1. The fourth-order valence-electron chi connectivity index (χ4n) is 7.07. The molecule has 2 aliphatic carbocycles. The summed E-state index contributed by atoms with van der Waals surface area (Å²) >= 11 is 0. The van der Waals surface area contributed by atoms with E-state index in [2.05, 4.69) is 82.3 Å². The summed E-state index contributed by atoms with van der Waals surface area (Å²) in [6.45, 7) is 11.5. The van der Waals surface area contributed by atoms with E-state index >= 15 is 0 Å². The molecule has 2 aliphatic rings. The molecule has 168 valence electrons. The molecular weight excluding hydrogens is 380 g/mol. The molecule has 0 saturated heterocycles. The second-order valence-corrected chi connectivity index (χ2v) is 11.0. The van der Waals surface area contributed by atoms with Crippen molar-refractivity contribution in [2.45, 2.75) is 90.4 Å². The second-order valence-electron chi connectivity index (χ2n) is 11.0. The minimum atomic E-state index is -0.344. The van der Waals surface area contributed by atoms with Crippen LogP contribution in [0.5, 0.6) is 0 Å². The van der Waals surface area contributed by atoms with Crippen LogP contribution in [0.4, 0.5) is 0 Å². The van der Waals surface area contributed by atoms with E-state index in [-0.39, 0.29) is 29.1 Å². The number of aryl methyl sites for hydroxylation is 1. The van der Waals surface area contributed by atoms with Crippen molar-refractivity contribution in [1.82, 2.24) is 0 Å². The largest absolute Gasteiger partial charge is 0.393 e. The summed E-state index contributed by atoms with van der Waals surface area (Å²) in [5.74, 6) is 1.09. The van der Waals surface area contributed by atoms with Crippen LogP contribution in [0.3, 0.4) is 0 Å². The van der Waals surface area contributed by atoms with Crippen LogP contribution < -0.4 is 0 Å². The fraction of sp³-hybridized carbons (Fsp3) is 0.586. The predicted molar refractivity (Wildman–Crippen MR) is 128 cm³/mol. The number of hydrogen-bond acceptors (Lipinski definition) is 2. The van der Waals surface area contributed by atoms with Gasteiger partial charge in [-0.2, -0.15) is 0 Å². The summed E-state index contributed by atoms with van der Waals surface area (Å²) in [6, 6.07) is 19.9. The molecule has 0 heterocycles. The smallest absolute Gasteiger partial charge is 0.0861 e. The lowest BCUT2D eigenvalue weighted by atomic mass is 9.46. The Kier molecular flexibility index (Phi) is 6.34. The SMILES string of the molecule is C[C@H](O)C[C@H](C)O[C@H](c1ccccc1)C1CC[C@]2(C)c3ccccc3CC[C@H]2C1(C)C. The Morgan fingerprint density at radius 1 is 0.968 bits per heavy atom. The molecule has 1 fully saturated rings. The molecule has 31 heavy (non-hydrogen) atoms. The number of aliphatic hydroxyl groups is 1. The Hall–Kier alpha value is -1.64. The molecule has 0 bridgehead atoms. The molecule has 1 unspecified atom stereocenters. The average Bonchev–Trinajstić information content (AvgIpc) is 2.72. The predicted octanol–water partition coefficient (Wildman–Crippen LogP) is 6.86. The molecule has 1 saturated carbocycles. The first-order valence-electron chi connectivity index (χ1n) is 12.2. The zero-order chi connectivity index (χ0) is 22.2. The van der Waals surface area contributed by atoms with Crippen LogP contribution in [0, 0.1) is 17.3 Å². The highest BCUT2D eigenvalue weighted by Gasteiger charge is 2.55. The van der Waals surface area contributed by atoms with E-state index in [9.17, 15) is 5.11 Å². The van der Waals surface area contributed by atoms with Crippen molar-refractivity contribution in [3.8, 4) is 0 Å². The summed E-state index contributed by atoms with van der Waals surface area (Å²) in [5, 5.41) is 9.92. The van der Waals surface area contributed by atoms with E-state index in [0.29, 0.717) is 18.3 Å². The first-order valence-corrected chi connectivity index (χ1v) is 12.2. The molecule has 0 radical (unpaired) electrons. The maximum atomic E-state index is 9.92. The Morgan fingerprint density at radius 2 is 1.65 bits per heavy atom. The molecule has 0 amide bonds. The van der Waals surface area contributed by atoms with E-state index in [4.69, 9.17) is 4.74 Å². The van der Waals surface area contributed by atoms with Gasteiger partial charge >= 0.3 is 0 Å². The molecule has 2 aromatic carbocycles. The van der Waals surface area contributed by atoms with E-state index in [1.54, 1.807) is 11.1 Å². The molecule has 1 N–H and O–H groups in total. The number of benzene rings is 2. The Bertz CT molecular complexity index is 871. The van der Waals surface area contributed by atoms with Gasteiger partial charge in [0.1, 0.15) is 0 Å². The summed E-state index contributed by atoms with van der Waals surface area (Å²) in [6.07, 6.45) is 5.22. The number of ether oxygens (including phenoxy) is 1. The first kappa shape index (κ1) is 22.6. The van der Waals surface area contributed by atoms with E-state index in [1.807, 2.05) is 6.92 Å². The highest BCUT2D eigenvalue weighted by atomic mass is 16.5. The lowest BCUT2D eigenvalue weighted by Gasteiger charge is -2.59. The van der Waals surface area contributed by atoms with Crippen molar-refractivity contribution in [1.29, 1.82) is 0 Å². The van der Waals surface area contributed by atoms with Crippen molar-refractivity contribution in [2.75, 3.05) is 0 Å². The third-order valence-electron chi connectivity index (χ3n) is 8.48. The lowest BCUT2D eigenvalue weighted by Crippen LogP contribution is -2.53. The monoisotopic (exact) mass is 420 g/mol. The highest BCUT2D eigenvalue weighted by molar-refractivity contribution is 5.39. The molecule has 0 spiro atoms. The molecule has 2 aromatic rings. The quantitative estimate of drug-likeness (QED) is 0.553. The highest BCUT2D eigenvalue weighted by Crippen LogP contribution is 2.61. The van der Waals surface area contributed by atoms with Crippen molar-refractivity contribution in [3.63, 3.8) is 0 Å². The zero-order valence-electron chi connectivity index (χ0n) is 20.0. The van der Waals surface area contributed by atoms with E-state index in [0.717, 1.165) is 6.42 Å². The fourth-order valence-corrected chi connectivity index (χ4v) is 7.07. The van der Waals surface area contributed by atoms with Crippen LogP contribution in [-0.4, -0.2) is 17.3 Å². The summed E-state index contributed by atoms with van der Waals surface area (Å²) in [5.41, 5.74) is 4.81. The standard InChI is InChI=1S/C29H40O2/c1-20(30)19-21(2)31-27(23-12-7-6-8-13-23)25-17-18-29(5)24-14-10-9-11-22(24)15-16-26(29)28(25,3)4/h6-14,20-21,25-27,30H,15-19H2,1-5H3/t20-,21-,25?,26-,27+,29+/m0/s1. The van der Waals surface area contributed by atoms with Gasteiger partial charge in [-0.15, -0.1) is 0 Å². The second kappa shape index (κ2) is 8.71. The van der Waals surface area contributed by atoms with Gasteiger partial charge in [0.15, 0.2) is 0 Å². The number of rotatable bonds is 6. The van der Waals surface area contributed by atoms with Gasteiger partial charge in [0, 0.05) is 0 Å². The lowest BCUT2D eigenvalue weighted by molar-refractivity contribution is -0.123. The van der Waals surface area contributed by atoms with Crippen molar-refractivity contribution in [3.05, 3.63) is 71.3 Å². The Labute approximate surface area is 189 Å². The van der Waals surface area contributed by atoms with Crippen LogP contribution in [0.15, 0.2) is 54.6 Å². The maximum absolute atomic E-state index is 9.92. The molecular formula is C29H40O2. The summed E-state index contributed by atoms with van der Waals surface area (Å²) in [7, 11) is 0. The molecule has 0 aliphatic heterocycles. The van der Waals surface area contributed by atoms with Crippen molar-refractivity contribution >= 4 is 0 Å². The van der Waals surface area contributed by atoms with Gasteiger partial charge in [0.2, 0.25) is 0 Å². The van der Waals surface area contributed by atoms with Gasteiger partial charge < -0.3 is 9.84 Å². The molecule has 2 heteroatoms. The van der Waals surface area contributed by atoms with Gasteiger partial charge in [-0.05, 0) is 85.3 Å². The zero-order valence-corrected chi connectivity index (χ0v) is 20.0. The Balaban J connectivity index is 1.68. The average molecular weight is 421 g/mol. The normalized spacial score (nSPS) is 30.0. The topological polar surface area (TPSA) is 29.5 Å². The third kappa shape index (κ3) is 4.22. The first-order chi connectivity index (χ1) is 14.7. The summed E-state index contributed by atoms with van der Waals surface area (Å²) < 4.78 is 6.74. The van der Waals surface area contributed by atoms with Crippen LogP contribution in [0.25, 0.3) is 0 Å². The van der Waals surface area contributed by atoms with Gasteiger partial charge in [-0.1, -0.05) is 75.4 Å². The minimum absolute atomic E-state index is 0.0291. The van der Waals surface area contributed by atoms with Crippen molar-refractivity contribution in [2.24, 2.45) is 17.3 Å². The molecule has 2 nitrogen and oxygen atoms in total. The van der Waals surface area contributed by atoms with Gasteiger partial charge in [-0.3, -0.25) is 0 Å². The molecule has 0 aromatic heterocycles. The summed E-state index contributed by atoms with van der Waals surface area (Å²) in [4.78, 5) is 0. The molecule has 6 atom stereocenters. The number of hydrogen-bond donors (Lipinski definition) is 1. The van der Waals surface area contributed by atoms with E-state index in [1.165, 1.54) is 24.8 Å². The van der Waals surface area contributed by atoms with Gasteiger partial charge in [0.05, 0.1) is 18.3 Å². The molecule has 4 rings (SSSR count). The van der Waals surface area contributed by atoms with Gasteiger partial charge in [-0.25, -0.2) is 0 Å². The van der Waals surface area contributed by atoms with Gasteiger partial charge in [0.25, 0.3) is 0 Å². The minimum Gasteiger partial charge on any atom is -0.393 e. The van der Waals surface area contributed by atoms with Crippen LogP contribution >= 0.6 is 0 Å².